The standard InChI is InChI=1S/C20H21N3O4/c1-20(15-9-4-3-5-10-15)18(25)23(19(26)22-20)13-17(24)21-12-14-8-6-7-11-16(14)27-2/h3-11H,12-13H2,1-2H3,(H,21,24)(H,22,26). The van der Waals surface area contributed by atoms with E-state index >= 15 is 0 Å². The Morgan fingerprint density at radius 3 is 2.48 bits per heavy atom. The second-order valence-electron chi connectivity index (χ2n) is 6.40. The highest BCUT2D eigenvalue weighted by Crippen LogP contribution is 2.28. The SMILES string of the molecule is COc1ccccc1CNC(=O)CN1C(=O)NC(C)(c2ccccc2)C1=O. The van der Waals surface area contributed by atoms with Crippen molar-refractivity contribution in [1.82, 2.24) is 15.5 Å². The number of nitrogens with zero attached hydrogens (tertiary/aromatic N) is 1. The fourth-order valence-electron chi connectivity index (χ4n) is 3.05. The molecule has 0 radical (unpaired) electrons. The molecule has 4 amide bonds. The normalized spacial score (nSPS) is 19.0. The Balaban J connectivity index is 1.66. The fourth-order valence-corrected chi connectivity index (χ4v) is 3.05. The number of amides is 4. The maximum atomic E-state index is 12.8. The van der Waals surface area contributed by atoms with Crippen molar-refractivity contribution in [3.05, 3.63) is 65.7 Å². The molecule has 27 heavy (non-hydrogen) atoms. The minimum Gasteiger partial charge on any atom is -0.496 e. The molecule has 1 aliphatic heterocycles. The number of nitrogens with one attached hydrogen (secondary N) is 2. The molecule has 1 unspecified atom stereocenters. The van der Waals surface area contributed by atoms with E-state index in [1.54, 1.807) is 44.4 Å². The van der Waals surface area contributed by atoms with Gasteiger partial charge >= 0.3 is 6.03 Å². The predicted octanol–water partition coefficient (Wildman–Crippen LogP) is 1.78. The molecular formula is C20H21N3O4. The molecule has 0 bridgehead atoms. The number of hydrogen-bond acceptors (Lipinski definition) is 4. The number of urea groups is 1. The van der Waals surface area contributed by atoms with Crippen LogP contribution in [0.5, 0.6) is 5.75 Å². The third-order valence-corrected chi connectivity index (χ3v) is 4.60. The van der Waals surface area contributed by atoms with Gasteiger partial charge in [0.1, 0.15) is 17.8 Å². The first kappa shape index (κ1) is 18.4. The molecule has 1 saturated heterocycles. The van der Waals surface area contributed by atoms with Gasteiger partial charge in [-0.1, -0.05) is 48.5 Å². The Labute approximate surface area is 157 Å². The molecule has 1 fully saturated rings. The molecule has 0 spiro atoms. The lowest BCUT2D eigenvalue weighted by atomic mass is 9.92. The van der Waals surface area contributed by atoms with Crippen LogP contribution in [0.3, 0.4) is 0 Å². The van der Waals surface area contributed by atoms with Gasteiger partial charge in [-0.15, -0.1) is 0 Å². The molecule has 2 N–H and O–H groups in total. The first-order chi connectivity index (χ1) is 13.0. The third-order valence-electron chi connectivity index (χ3n) is 4.60. The highest BCUT2D eigenvalue weighted by Gasteiger charge is 2.49. The summed E-state index contributed by atoms with van der Waals surface area (Å²) in [6.07, 6.45) is 0. The zero-order chi connectivity index (χ0) is 19.4. The van der Waals surface area contributed by atoms with Crippen molar-refractivity contribution in [3.63, 3.8) is 0 Å². The van der Waals surface area contributed by atoms with E-state index in [0.717, 1.165) is 10.5 Å². The highest BCUT2D eigenvalue weighted by molar-refractivity contribution is 6.09. The van der Waals surface area contributed by atoms with Gasteiger partial charge in [0, 0.05) is 12.1 Å². The van der Waals surface area contributed by atoms with Crippen LogP contribution in [0.1, 0.15) is 18.1 Å². The van der Waals surface area contributed by atoms with Crippen molar-refractivity contribution < 1.29 is 19.1 Å². The van der Waals surface area contributed by atoms with E-state index in [2.05, 4.69) is 10.6 Å². The highest BCUT2D eigenvalue weighted by atomic mass is 16.5. The quantitative estimate of drug-likeness (QED) is 0.762. The van der Waals surface area contributed by atoms with Gasteiger partial charge < -0.3 is 15.4 Å². The molecule has 140 valence electrons. The largest absolute Gasteiger partial charge is 0.496 e. The first-order valence-corrected chi connectivity index (χ1v) is 8.54. The van der Waals surface area contributed by atoms with Crippen molar-refractivity contribution >= 4 is 17.8 Å². The van der Waals surface area contributed by atoms with Gasteiger partial charge in [-0.3, -0.25) is 14.5 Å². The minimum absolute atomic E-state index is 0.239. The number of carbonyl (C=O) groups excluding carboxylic acids is 3. The van der Waals surface area contributed by atoms with E-state index in [4.69, 9.17) is 4.74 Å². The third kappa shape index (κ3) is 3.62. The second-order valence-corrected chi connectivity index (χ2v) is 6.40. The van der Waals surface area contributed by atoms with Crippen molar-refractivity contribution in [3.8, 4) is 5.75 Å². The van der Waals surface area contributed by atoms with Crippen LogP contribution in [-0.4, -0.2) is 36.4 Å². The lowest BCUT2D eigenvalue weighted by molar-refractivity contribution is -0.134. The van der Waals surface area contributed by atoms with Gasteiger partial charge in [0.15, 0.2) is 0 Å². The number of methoxy groups -OCH3 is 1. The monoisotopic (exact) mass is 367 g/mol. The summed E-state index contributed by atoms with van der Waals surface area (Å²) in [5.41, 5.74) is 0.293. The predicted molar refractivity (Wildman–Crippen MR) is 98.9 cm³/mol. The Morgan fingerprint density at radius 2 is 1.78 bits per heavy atom. The van der Waals surface area contributed by atoms with Gasteiger partial charge in [-0.2, -0.15) is 0 Å². The summed E-state index contributed by atoms with van der Waals surface area (Å²) < 4.78 is 5.24. The van der Waals surface area contributed by atoms with Crippen LogP contribution < -0.4 is 15.4 Å². The van der Waals surface area contributed by atoms with Gasteiger partial charge in [-0.25, -0.2) is 4.79 Å². The summed E-state index contributed by atoms with van der Waals surface area (Å²) in [6, 6.07) is 15.7. The molecule has 7 heteroatoms. The number of benzene rings is 2. The van der Waals surface area contributed by atoms with Crippen LogP contribution in [0.2, 0.25) is 0 Å². The zero-order valence-electron chi connectivity index (χ0n) is 15.2. The van der Waals surface area contributed by atoms with E-state index in [9.17, 15) is 14.4 Å². The van der Waals surface area contributed by atoms with E-state index in [1.807, 2.05) is 24.3 Å². The maximum Gasteiger partial charge on any atom is 0.325 e. The summed E-state index contributed by atoms with van der Waals surface area (Å²) in [4.78, 5) is 38.3. The van der Waals surface area contributed by atoms with Crippen LogP contribution in [0, 0.1) is 0 Å². The molecule has 1 aliphatic rings. The number of carbonyl (C=O) groups is 3. The van der Waals surface area contributed by atoms with Gasteiger partial charge in [-0.05, 0) is 18.6 Å². The number of para-hydroxylation sites is 1. The number of rotatable bonds is 6. The van der Waals surface area contributed by atoms with E-state index in [1.165, 1.54) is 0 Å². The summed E-state index contributed by atoms with van der Waals surface area (Å²) in [5, 5.41) is 5.40. The molecule has 2 aromatic rings. The number of hydrogen-bond donors (Lipinski definition) is 2. The lowest BCUT2D eigenvalue weighted by Gasteiger charge is -2.22. The zero-order valence-corrected chi connectivity index (χ0v) is 15.2. The molecule has 1 heterocycles. The summed E-state index contributed by atoms with van der Waals surface area (Å²) in [6.45, 7) is 1.53. The average molecular weight is 367 g/mol. The molecule has 1 atom stereocenters. The summed E-state index contributed by atoms with van der Waals surface area (Å²) in [5.74, 6) is -0.225. The van der Waals surface area contributed by atoms with Crippen LogP contribution >= 0.6 is 0 Å². The second kappa shape index (κ2) is 7.49. The van der Waals surface area contributed by atoms with Crippen LogP contribution in [-0.2, 0) is 21.7 Å². The van der Waals surface area contributed by atoms with E-state index < -0.39 is 23.4 Å². The van der Waals surface area contributed by atoms with Crippen LogP contribution in [0.15, 0.2) is 54.6 Å². The first-order valence-electron chi connectivity index (χ1n) is 8.54. The molecule has 0 aliphatic carbocycles. The fraction of sp³-hybridized carbons (Fsp3) is 0.250. The Bertz CT molecular complexity index is 869. The number of imide groups is 1. The smallest absolute Gasteiger partial charge is 0.325 e. The van der Waals surface area contributed by atoms with Crippen LogP contribution in [0.4, 0.5) is 4.79 Å². The molecular weight excluding hydrogens is 346 g/mol. The van der Waals surface area contributed by atoms with Crippen molar-refractivity contribution in [1.29, 1.82) is 0 Å². The van der Waals surface area contributed by atoms with E-state index in [0.29, 0.717) is 11.3 Å². The molecule has 0 saturated carbocycles. The van der Waals surface area contributed by atoms with Crippen molar-refractivity contribution in [2.24, 2.45) is 0 Å². The van der Waals surface area contributed by atoms with Gasteiger partial charge in [0.2, 0.25) is 5.91 Å². The average Bonchev–Trinajstić information content (AvgIpc) is 2.91. The molecule has 3 rings (SSSR count). The number of ether oxygens (including phenoxy) is 1. The molecule has 2 aromatic carbocycles. The molecule has 7 nitrogen and oxygen atoms in total. The lowest BCUT2D eigenvalue weighted by Crippen LogP contribution is -2.43. The summed E-state index contributed by atoms with van der Waals surface area (Å²) in [7, 11) is 1.55. The van der Waals surface area contributed by atoms with E-state index in [-0.39, 0.29) is 13.1 Å². The van der Waals surface area contributed by atoms with Crippen LogP contribution in [0.25, 0.3) is 0 Å². The van der Waals surface area contributed by atoms with Crippen molar-refractivity contribution in [2.75, 3.05) is 13.7 Å². The minimum atomic E-state index is -1.18. The Morgan fingerprint density at radius 1 is 1.11 bits per heavy atom. The molecule has 0 aromatic heterocycles. The van der Waals surface area contributed by atoms with Gasteiger partial charge in [0.25, 0.3) is 5.91 Å². The Hall–Kier alpha value is -3.35. The topological polar surface area (TPSA) is 87.7 Å². The summed E-state index contributed by atoms with van der Waals surface area (Å²) >= 11 is 0. The Kier molecular flexibility index (Phi) is 5.12. The van der Waals surface area contributed by atoms with Gasteiger partial charge in [0.05, 0.1) is 7.11 Å². The maximum absolute atomic E-state index is 12.8. The van der Waals surface area contributed by atoms with Crippen molar-refractivity contribution in [2.45, 2.75) is 19.0 Å².